The van der Waals surface area contributed by atoms with Gasteiger partial charge in [0.05, 0.1) is 6.61 Å². The molecule has 0 spiro atoms. The molecule has 0 radical (unpaired) electrons. The third-order valence-corrected chi connectivity index (χ3v) is 2.46. The number of carbonyl (C=O) groups is 1. The summed E-state index contributed by atoms with van der Waals surface area (Å²) >= 11 is 0. The smallest absolute Gasteiger partial charge is 0.428 e. The van der Waals surface area contributed by atoms with Gasteiger partial charge in [-0.3, -0.25) is 0 Å². The number of ether oxygens (including phenoxy) is 1. The van der Waals surface area contributed by atoms with E-state index < -0.39 is 24.2 Å². The maximum Gasteiger partial charge on any atom is 0.428 e. The van der Waals surface area contributed by atoms with Crippen LogP contribution in [0.25, 0.3) is 0 Å². The summed E-state index contributed by atoms with van der Waals surface area (Å²) in [6.07, 6.45) is -5.87. The van der Waals surface area contributed by atoms with Gasteiger partial charge in [0.15, 0.2) is 0 Å². The molecule has 1 unspecified atom stereocenters. The van der Waals surface area contributed by atoms with Crippen molar-refractivity contribution in [3.05, 3.63) is 11.1 Å². The lowest BCUT2D eigenvalue weighted by Crippen LogP contribution is -2.53. The standard InChI is InChI=1S/C11H17F3O3/c1-5-17-9(15)10(16,11(12,13)14)6-8(4)7(2)3/h16H,5-6H2,1-4H3. The van der Waals surface area contributed by atoms with Crippen molar-refractivity contribution >= 4 is 5.97 Å². The van der Waals surface area contributed by atoms with E-state index in [9.17, 15) is 23.1 Å². The number of halogens is 3. The number of hydrogen-bond acceptors (Lipinski definition) is 3. The van der Waals surface area contributed by atoms with Gasteiger partial charge in [-0.1, -0.05) is 11.1 Å². The highest BCUT2D eigenvalue weighted by molar-refractivity contribution is 5.80. The zero-order chi connectivity index (χ0) is 13.9. The molecule has 1 atom stereocenters. The van der Waals surface area contributed by atoms with Crippen LogP contribution in [-0.2, 0) is 9.53 Å². The lowest BCUT2D eigenvalue weighted by atomic mass is 9.92. The number of alkyl halides is 3. The van der Waals surface area contributed by atoms with Crippen LogP contribution in [0.15, 0.2) is 11.1 Å². The van der Waals surface area contributed by atoms with Gasteiger partial charge in [0.1, 0.15) is 0 Å². The normalized spacial score (nSPS) is 15.1. The van der Waals surface area contributed by atoms with Gasteiger partial charge in [-0.05, 0) is 27.7 Å². The van der Waals surface area contributed by atoms with E-state index in [1.807, 2.05) is 0 Å². The van der Waals surface area contributed by atoms with Crippen LogP contribution >= 0.6 is 0 Å². The van der Waals surface area contributed by atoms with Crippen LogP contribution in [0, 0.1) is 0 Å². The van der Waals surface area contributed by atoms with E-state index in [0.717, 1.165) is 0 Å². The van der Waals surface area contributed by atoms with Crippen molar-refractivity contribution in [2.45, 2.75) is 45.9 Å². The van der Waals surface area contributed by atoms with E-state index in [2.05, 4.69) is 4.74 Å². The molecule has 17 heavy (non-hydrogen) atoms. The van der Waals surface area contributed by atoms with Gasteiger partial charge in [0, 0.05) is 6.42 Å². The molecular formula is C11H17F3O3. The second-order valence-electron chi connectivity index (χ2n) is 4.04. The summed E-state index contributed by atoms with van der Waals surface area (Å²) < 4.78 is 42.5. The average molecular weight is 254 g/mol. The Morgan fingerprint density at radius 3 is 2.00 bits per heavy atom. The molecule has 0 saturated carbocycles. The van der Waals surface area contributed by atoms with Crippen molar-refractivity contribution in [1.29, 1.82) is 0 Å². The minimum absolute atomic E-state index is 0.217. The largest absolute Gasteiger partial charge is 0.464 e. The molecule has 0 bridgehead atoms. The summed E-state index contributed by atoms with van der Waals surface area (Å²) in [4.78, 5) is 11.3. The van der Waals surface area contributed by atoms with Gasteiger partial charge in [-0.15, -0.1) is 0 Å². The van der Waals surface area contributed by atoms with E-state index in [4.69, 9.17) is 0 Å². The fraction of sp³-hybridized carbons (Fsp3) is 0.727. The van der Waals surface area contributed by atoms with Crippen molar-refractivity contribution in [1.82, 2.24) is 0 Å². The summed E-state index contributed by atoms with van der Waals surface area (Å²) in [7, 11) is 0. The first-order valence-corrected chi connectivity index (χ1v) is 5.15. The Morgan fingerprint density at radius 2 is 1.71 bits per heavy atom. The van der Waals surface area contributed by atoms with Crippen molar-refractivity contribution in [2.24, 2.45) is 0 Å². The van der Waals surface area contributed by atoms with Gasteiger partial charge in [0.2, 0.25) is 0 Å². The molecule has 0 saturated heterocycles. The minimum atomic E-state index is -5.06. The van der Waals surface area contributed by atoms with Gasteiger partial charge in [0.25, 0.3) is 5.60 Å². The first-order chi connectivity index (χ1) is 7.56. The van der Waals surface area contributed by atoms with Gasteiger partial charge in [-0.25, -0.2) is 4.79 Å². The molecule has 0 aromatic carbocycles. The Morgan fingerprint density at radius 1 is 1.24 bits per heavy atom. The molecular weight excluding hydrogens is 237 g/mol. The Labute approximate surface area is 98.3 Å². The van der Waals surface area contributed by atoms with E-state index in [0.29, 0.717) is 11.1 Å². The molecule has 0 heterocycles. The number of esters is 1. The summed E-state index contributed by atoms with van der Waals surface area (Å²) in [6, 6.07) is 0. The minimum Gasteiger partial charge on any atom is -0.464 e. The van der Waals surface area contributed by atoms with Crippen LogP contribution in [0.2, 0.25) is 0 Å². The maximum absolute atomic E-state index is 12.7. The second kappa shape index (κ2) is 5.53. The van der Waals surface area contributed by atoms with Crippen LogP contribution < -0.4 is 0 Å². The topological polar surface area (TPSA) is 46.5 Å². The number of allylic oxidation sites excluding steroid dienone is 1. The van der Waals surface area contributed by atoms with Gasteiger partial charge >= 0.3 is 12.1 Å². The monoisotopic (exact) mass is 254 g/mol. The molecule has 0 fully saturated rings. The fourth-order valence-electron chi connectivity index (χ4n) is 1.10. The summed E-state index contributed by atoms with van der Waals surface area (Å²) in [5, 5.41) is 9.53. The molecule has 1 N–H and O–H groups in total. The Bertz CT molecular complexity index is 316. The molecule has 0 rings (SSSR count). The average Bonchev–Trinajstić information content (AvgIpc) is 2.15. The van der Waals surface area contributed by atoms with Crippen molar-refractivity contribution in [3.8, 4) is 0 Å². The summed E-state index contributed by atoms with van der Waals surface area (Å²) in [5.74, 6) is -1.66. The zero-order valence-electron chi connectivity index (χ0n) is 10.3. The molecule has 100 valence electrons. The molecule has 0 aromatic rings. The van der Waals surface area contributed by atoms with E-state index >= 15 is 0 Å². The number of aliphatic hydroxyl groups is 1. The number of carbonyl (C=O) groups excluding carboxylic acids is 1. The van der Waals surface area contributed by atoms with Gasteiger partial charge < -0.3 is 9.84 Å². The lowest BCUT2D eigenvalue weighted by molar-refractivity contribution is -0.262. The lowest BCUT2D eigenvalue weighted by Gasteiger charge is -2.28. The second-order valence-corrected chi connectivity index (χ2v) is 4.04. The van der Waals surface area contributed by atoms with Crippen molar-refractivity contribution < 1.29 is 27.8 Å². The molecule has 0 aliphatic rings. The van der Waals surface area contributed by atoms with Crippen molar-refractivity contribution in [3.63, 3.8) is 0 Å². The van der Waals surface area contributed by atoms with Crippen molar-refractivity contribution in [2.75, 3.05) is 6.61 Å². The quantitative estimate of drug-likeness (QED) is 0.619. The Kier molecular flexibility index (Phi) is 5.19. The third-order valence-electron chi connectivity index (χ3n) is 2.46. The SMILES string of the molecule is CCOC(=O)C(O)(CC(C)=C(C)C)C(F)(F)F. The van der Waals surface area contributed by atoms with Crippen LogP contribution in [0.1, 0.15) is 34.1 Å². The molecule has 0 aromatic heterocycles. The highest BCUT2D eigenvalue weighted by Crippen LogP contribution is 2.36. The van der Waals surface area contributed by atoms with E-state index in [1.165, 1.54) is 13.8 Å². The van der Waals surface area contributed by atoms with E-state index in [1.54, 1.807) is 13.8 Å². The first kappa shape index (κ1) is 16.0. The van der Waals surface area contributed by atoms with Crippen LogP contribution in [-0.4, -0.2) is 29.5 Å². The number of hydrogen-bond donors (Lipinski definition) is 1. The highest BCUT2D eigenvalue weighted by atomic mass is 19.4. The highest BCUT2D eigenvalue weighted by Gasteiger charge is 2.60. The summed E-state index contributed by atoms with van der Waals surface area (Å²) in [5.41, 5.74) is -2.54. The Balaban J connectivity index is 5.28. The van der Waals surface area contributed by atoms with E-state index in [-0.39, 0.29) is 6.61 Å². The fourth-order valence-corrected chi connectivity index (χ4v) is 1.10. The van der Waals surface area contributed by atoms with Gasteiger partial charge in [-0.2, -0.15) is 13.2 Å². The maximum atomic E-state index is 12.7. The summed E-state index contributed by atoms with van der Waals surface area (Å²) in [6.45, 7) is 5.81. The zero-order valence-corrected chi connectivity index (χ0v) is 10.3. The molecule has 0 aliphatic heterocycles. The van der Waals surface area contributed by atoms with Crippen LogP contribution in [0.4, 0.5) is 13.2 Å². The first-order valence-electron chi connectivity index (χ1n) is 5.15. The number of rotatable bonds is 4. The predicted octanol–water partition coefficient (Wildman–Crippen LogP) is 2.59. The Hall–Kier alpha value is -1.04. The third kappa shape index (κ3) is 3.73. The van der Waals surface area contributed by atoms with Crippen LogP contribution in [0.3, 0.4) is 0 Å². The molecule has 3 nitrogen and oxygen atoms in total. The molecule has 6 heteroatoms. The predicted molar refractivity (Wildman–Crippen MR) is 56.3 cm³/mol. The van der Waals surface area contributed by atoms with Crippen LogP contribution in [0.5, 0.6) is 0 Å². The molecule has 0 aliphatic carbocycles. The molecule has 0 amide bonds.